The van der Waals surface area contributed by atoms with E-state index in [2.05, 4.69) is 10.1 Å². The average molecular weight is 288 g/mol. The van der Waals surface area contributed by atoms with Crippen molar-refractivity contribution in [3.8, 4) is 5.75 Å². The Morgan fingerprint density at radius 2 is 2.11 bits per heavy atom. The molecule has 0 saturated carbocycles. The summed E-state index contributed by atoms with van der Waals surface area (Å²) in [5.41, 5.74) is 0.302. The summed E-state index contributed by atoms with van der Waals surface area (Å²) in [6.07, 6.45) is 0. The lowest BCUT2D eigenvalue weighted by molar-refractivity contribution is -0.0497. The maximum Gasteiger partial charge on any atom is 0.387 e. The average Bonchev–Trinajstić information content (AvgIpc) is 2.75. The molecule has 0 saturated heterocycles. The third kappa shape index (κ3) is 3.69. The van der Waals surface area contributed by atoms with Gasteiger partial charge in [-0.2, -0.15) is 8.78 Å². The zero-order valence-electron chi connectivity index (χ0n) is 9.40. The first-order valence-electron chi connectivity index (χ1n) is 5.16. The van der Waals surface area contributed by atoms with E-state index in [9.17, 15) is 13.6 Å². The van der Waals surface area contributed by atoms with Gasteiger partial charge in [0, 0.05) is 11.8 Å². The number of benzene rings is 1. The molecular formula is C12H8ClF2NO3. The van der Waals surface area contributed by atoms with Crippen molar-refractivity contribution in [3.63, 3.8) is 0 Å². The van der Waals surface area contributed by atoms with Gasteiger partial charge in [-0.1, -0.05) is 6.07 Å². The minimum absolute atomic E-state index is 0.0187. The molecule has 1 N–H and O–H groups in total. The minimum Gasteiger partial charge on any atom is -0.440 e. The first-order chi connectivity index (χ1) is 9.04. The van der Waals surface area contributed by atoms with Gasteiger partial charge in [-0.15, -0.1) is 0 Å². The Kier molecular flexibility index (Phi) is 4.01. The van der Waals surface area contributed by atoms with Crippen LogP contribution in [0.15, 0.2) is 40.8 Å². The van der Waals surface area contributed by atoms with Crippen molar-refractivity contribution < 1.29 is 22.7 Å². The summed E-state index contributed by atoms with van der Waals surface area (Å²) >= 11 is 5.54. The number of carbonyl (C=O) groups is 1. The maximum absolute atomic E-state index is 12.0. The number of ether oxygens (including phenoxy) is 1. The van der Waals surface area contributed by atoms with Gasteiger partial charge in [0.15, 0.2) is 11.0 Å². The number of rotatable bonds is 4. The second kappa shape index (κ2) is 5.71. The third-order valence-electron chi connectivity index (χ3n) is 2.11. The van der Waals surface area contributed by atoms with Gasteiger partial charge < -0.3 is 14.5 Å². The van der Waals surface area contributed by atoms with Crippen molar-refractivity contribution in [1.82, 2.24) is 0 Å². The van der Waals surface area contributed by atoms with Gasteiger partial charge in [-0.25, -0.2) is 0 Å². The van der Waals surface area contributed by atoms with E-state index in [0.717, 1.165) is 0 Å². The van der Waals surface area contributed by atoms with Crippen LogP contribution < -0.4 is 10.1 Å². The van der Waals surface area contributed by atoms with E-state index < -0.39 is 12.5 Å². The molecule has 0 radical (unpaired) electrons. The lowest BCUT2D eigenvalue weighted by Crippen LogP contribution is -2.11. The summed E-state index contributed by atoms with van der Waals surface area (Å²) in [5, 5.41) is 2.55. The zero-order chi connectivity index (χ0) is 13.8. The maximum atomic E-state index is 12.0. The standard InChI is InChI=1S/C12H8ClF2NO3/c13-10-5-4-9(19-10)11(17)16-7-2-1-3-8(6-7)18-12(14)15/h1-6,12H,(H,16,17). The first-order valence-corrected chi connectivity index (χ1v) is 5.54. The van der Waals surface area contributed by atoms with E-state index in [1.807, 2.05) is 0 Å². The highest BCUT2D eigenvalue weighted by atomic mass is 35.5. The smallest absolute Gasteiger partial charge is 0.387 e. The van der Waals surface area contributed by atoms with E-state index in [1.54, 1.807) is 0 Å². The number of hydrogen-bond donors (Lipinski definition) is 1. The van der Waals surface area contributed by atoms with Crippen molar-refractivity contribution in [3.05, 3.63) is 47.4 Å². The van der Waals surface area contributed by atoms with E-state index in [-0.39, 0.29) is 16.7 Å². The molecule has 0 fully saturated rings. The summed E-state index contributed by atoms with van der Waals surface area (Å²) < 4.78 is 33.2. The number of nitrogens with one attached hydrogen (secondary N) is 1. The number of anilines is 1. The highest BCUT2D eigenvalue weighted by Gasteiger charge is 2.11. The van der Waals surface area contributed by atoms with Crippen LogP contribution in [0.5, 0.6) is 5.75 Å². The second-order valence-electron chi connectivity index (χ2n) is 3.46. The highest BCUT2D eigenvalue weighted by Crippen LogP contribution is 2.20. The molecule has 2 rings (SSSR count). The van der Waals surface area contributed by atoms with Crippen molar-refractivity contribution in [2.45, 2.75) is 6.61 Å². The van der Waals surface area contributed by atoms with Crippen LogP contribution >= 0.6 is 11.6 Å². The van der Waals surface area contributed by atoms with Crippen LogP contribution in [0.4, 0.5) is 14.5 Å². The molecule has 0 aliphatic rings. The molecule has 0 spiro atoms. The Hall–Kier alpha value is -2.08. The molecule has 1 aromatic heterocycles. The molecule has 7 heteroatoms. The van der Waals surface area contributed by atoms with Crippen LogP contribution in [0.25, 0.3) is 0 Å². The molecule has 1 aromatic carbocycles. The number of halogens is 3. The lowest BCUT2D eigenvalue weighted by atomic mass is 10.3. The van der Waals surface area contributed by atoms with Gasteiger partial charge in [0.25, 0.3) is 5.91 Å². The number of carbonyl (C=O) groups excluding carboxylic acids is 1. The molecule has 4 nitrogen and oxygen atoms in total. The molecule has 1 amide bonds. The number of furan rings is 1. The third-order valence-corrected chi connectivity index (χ3v) is 2.32. The molecule has 0 bridgehead atoms. The summed E-state index contributed by atoms with van der Waals surface area (Å²) in [5.74, 6) is -0.573. The number of alkyl halides is 2. The van der Waals surface area contributed by atoms with Crippen molar-refractivity contribution in [1.29, 1.82) is 0 Å². The van der Waals surface area contributed by atoms with Crippen LogP contribution in [0.3, 0.4) is 0 Å². The van der Waals surface area contributed by atoms with Gasteiger partial charge in [0.1, 0.15) is 5.75 Å². The summed E-state index contributed by atoms with van der Waals surface area (Å²) in [6.45, 7) is -2.92. The zero-order valence-corrected chi connectivity index (χ0v) is 10.2. The summed E-state index contributed by atoms with van der Waals surface area (Å²) in [7, 11) is 0. The monoisotopic (exact) mass is 287 g/mol. The molecule has 19 heavy (non-hydrogen) atoms. The largest absolute Gasteiger partial charge is 0.440 e. The van der Waals surface area contributed by atoms with E-state index in [4.69, 9.17) is 16.0 Å². The fraction of sp³-hybridized carbons (Fsp3) is 0.0833. The number of amides is 1. The Balaban J connectivity index is 2.08. The second-order valence-corrected chi connectivity index (χ2v) is 3.84. The predicted molar refractivity (Wildman–Crippen MR) is 64.7 cm³/mol. The normalized spacial score (nSPS) is 10.5. The van der Waals surface area contributed by atoms with Gasteiger partial charge in [-0.3, -0.25) is 4.79 Å². The molecule has 1 heterocycles. The molecule has 100 valence electrons. The lowest BCUT2D eigenvalue weighted by Gasteiger charge is -2.07. The van der Waals surface area contributed by atoms with Gasteiger partial charge in [-0.05, 0) is 35.9 Å². The Morgan fingerprint density at radius 3 is 2.74 bits per heavy atom. The Morgan fingerprint density at radius 1 is 1.32 bits per heavy atom. The van der Waals surface area contributed by atoms with E-state index >= 15 is 0 Å². The fourth-order valence-corrected chi connectivity index (χ4v) is 1.53. The summed E-state index contributed by atoms with van der Waals surface area (Å²) in [6, 6.07) is 8.45. The summed E-state index contributed by atoms with van der Waals surface area (Å²) in [4.78, 5) is 11.7. The Labute approximate surface area is 111 Å². The van der Waals surface area contributed by atoms with Gasteiger partial charge in [0.2, 0.25) is 0 Å². The minimum atomic E-state index is -2.92. The first kappa shape index (κ1) is 13.4. The topological polar surface area (TPSA) is 51.5 Å². The van der Waals surface area contributed by atoms with Gasteiger partial charge >= 0.3 is 6.61 Å². The van der Waals surface area contributed by atoms with Crippen LogP contribution in [0, 0.1) is 0 Å². The van der Waals surface area contributed by atoms with Crippen molar-refractivity contribution in [2.75, 3.05) is 5.32 Å². The molecule has 0 unspecified atom stereocenters. The number of hydrogen-bond acceptors (Lipinski definition) is 3. The van der Waals surface area contributed by atoms with Crippen LogP contribution in [-0.2, 0) is 0 Å². The SMILES string of the molecule is O=C(Nc1cccc(OC(F)F)c1)c1ccc(Cl)o1. The molecular weight excluding hydrogens is 280 g/mol. The van der Waals surface area contributed by atoms with Gasteiger partial charge in [0.05, 0.1) is 0 Å². The van der Waals surface area contributed by atoms with Crippen LogP contribution in [-0.4, -0.2) is 12.5 Å². The quantitative estimate of drug-likeness (QED) is 0.931. The van der Waals surface area contributed by atoms with Crippen LogP contribution in [0.1, 0.15) is 10.6 Å². The van der Waals surface area contributed by atoms with Crippen LogP contribution in [0.2, 0.25) is 5.22 Å². The molecule has 0 aliphatic carbocycles. The molecule has 2 aromatic rings. The van der Waals surface area contributed by atoms with E-state index in [1.165, 1.54) is 36.4 Å². The Bertz CT molecular complexity index is 586. The molecule has 0 aliphatic heterocycles. The van der Waals surface area contributed by atoms with Crippen molar-refractivity contribution >= 4 is 23.2 Å². The van der Waals surface area contributed by atoms with Crippen molar-refractivity contribution in [2.24, 2.45) is 0 Å². The fourth-order valence-electron chi connectivity index (χ4n) is 1.38. The molecule has 0 atom stereocenters. The van der Waals surface area contributed by atoms with E-state index in [0.29, 0.717) is 5.69 Å². The highest BCUT2D eigenvalue weighted by molar-refractivity contribution is 6.29. The predicted octanol–water partition coefficient (Wildman–Crippen LogP) is 3.79.